The molecular formula is C18H18N4O2S. The van der Waals surface area contributed by atoms with Crippen LogP contribution in [-0.2, 0) is 17.3 Å². The first-order chi connectivity index (χ1) is 12.2. The summed E-state index contributed by atoms with van der Waals surface area (Å²) < 4.78 is 12.4. The summed E-state index contributed by atoms with van der Waals surface area (Å²) in [6.07, 6.45) is 3.25. The second-order valence-corrected chi connectivity index (χ2v) is 6.75. The third-order valence-corrected chi connectivity index (χ3v) is 4.75. The number of aromatic amines is 1. The molecule has 0 saturated heterocycles. The smallest absolute Gasteiger partial charge is 0.318 e. The zero-order valence-corrected chi connectivity index (χ0v) is 14.5. The zero-order chi connectivity index (χ0) is 17.6. The van der Waals surface area contributed by atoms with E-state index in [1.165, 1.54) is 0 Å². The molecular weight excluding hydrogens is 336 g/mol. The van der Waals surface area contributed by atoms with Gasteiger partial charge in [-0.05, 0) is 30.8 Å². The first kappa shape index (κ1) is 17.1. The highest BCUT2D eigenvalue weighted by Crippen LogP contribution is 2.28. The third-order valence-electron chi connectivity index (χ3n) is 3.62. The predicted molar refractivity (Wildman–Crippen MR) is 98.7 cm³/mol. The minimum Gasteiger partial charge on any atom is -0.345 e. The van der Waals surface area contributed by atoms with E-state index >= 15 is 0 Å². The van der Waals surface area contributed by atoms with Crippen LogP contribution in [0.3, 0.4) is 0 Å². The molecule has 1 heterocycles. The maximum Gasteiger partial charge on any atom is 0.318 e. The average molecular weight is 354 g/mol. The first-order valence-electron chi connectivity index (χ1n) is 7.73. The van der Waals surface area contributed by atoms with E-state index in [0.29, 0.717) is 17.1 Å². The average Bonchev–Trinajstić information content (AvgIpc) is 3.17. The number of aromatic nitrogens is 2. The molecule has 0 aliphatic carbocycles. The summed E-state index contributed by atoms with van der Waals surface area (Å²) in [5.41, 5.74) is 3.16. The summed E-state index contributed by atoms with van der Waals surface area (Å²) in [6.45, 7) is 0.661. The molecule has 0 saturated carbocycles. The summed E-state index contributed by atoms with van der Waals surface area (Å²) in [7, 11) is 0.0672. The Morgan fingerprint density at radius 2 is 2.00 bits per heavy atom. The van der Waals surface area contributed by atoms with Crippen LogP contribution in [0.4, 0.5) is 10.5 Å². The number of hydrogen-bond acceptors (Lipinski definition) is 4. The van der Waals surface area contributed by atoms with Gasteiger partial charge in [0.25, 0.3) is 0 Å². The number of amides is 1. The Labute approximate surface area is 148 Å². The number of anilines is 1. The number of carbonyl (C=O) groups is 1. The van der Waals surface area contributed by atoms with Crippen LogP contribution in [0.1, 0.15) is 5.56 Å². The standard InChI is InChI=1S/C18H18N4O2S/c1-19-10-13-7-8-15(17-11-20-12-21-17)16(9-13)22-18(23)25(24)14-5-3-2-4-6-14/h2-9,11-12,19H,10H2,1H3,(H,20,21)(H,22,23). The van der Waals surface area contributed by atoms with Crippen LogP contribution in [-0.4, -0.2) is 26.5 Å². The fourth-order valence-electron chi connectivity index (χ4n) is 2.45. The molecule has 25 heavy (non-hydrogen) atoms. The lowest BCUT2D eigenvalue weighted by Gasteiger charge is -2.12. The van der Waals surface area contributed by atoms with Crippen molar-refractivity contribution in [2.45, 2.75) is 11.4 Å². The van der Waals surface area contributed by atoms with E-state index < -0.39 is 16.0 Å². The fraction of sp³-hybridized carbons (Fsp3) is 0.111. The molecule has 1 amide bonds. The van der Waals surface area contributed by atoms with E-state index in [4.69, 9.17) is 0 Å². The molecule has 0 spiro atoms. The highest BCUT2D eigenvalue weighted by Gasteiger charge is 2.17. The summed E-state index contributed by atoms with van der Waals surface area (Å²) in [5.74, 6) is 0. The molecule has 0 bridgehead atoms. The van der Waals surface area contributed by atoms with Crippen molar-refractivity contribution in [3.63, 3.8) is 0 Å². The second-order valence-electron chi connectivity index (χ2n) is 5.37. The van der Waals surface area contributed by atoms with Crippen molar-refractivity contribution >= 4 is 21.7 Å². The van der Waals surface area contributed by atoms with Gasteiger partial charge in [-0.2, -0.15) is 0 Å². The number of carbonyl (C=O) groups excluding carboxylic acids is 1. The molecule has 7 heteroatoms. The zero-order valence-electron chi connectivity index (χ0n) is 13.7. The molecule has 1 atom stereocenters. The van der Waals surface area contributed by atoms with Crippen LogP contribution >= 0.6 is 0 Å². The largest absolute Gasteiger partial charge is 0.345 e. The molecule has 0 aliphatic rings. The fourth-order valence-corrected chi connectivity index (χ4v) is 3.28. The molecule has 1 unspecified atom stereocenters. The van der Waals surface area contributed by atoms with Crippen molar-refractivity contribution in [3.05, 3.63) is 66.6 Å². The minimum absolute atomic E-state index is 0.467. The van der Waals surface area contributed by atoms with E-state index in [-0.39, 0.29) is 0 Å². The molecule has 2 aromatic carbocycles. The molecule has 3 aromatic rings. The van der Waals surface area contributed by atoms with Gasteiger partial charge in [-0.25, -0.2) is 9.19 Å². The maximum absolute atomic E-state index is 12.5. The number of nitrogens with zero attached hydrogens (tertiary/aromatic N) is 1. The Hall–Kier alpha value is -2.77. The highest BCUT2D eigenvalue weighted by atomic mass is 32.2. The monoisotopic (exact) mass is 354 g/mol. The SMILES string of the molecule is CNCc1ccc(-c2cnc[nH]2)c(NC(=O)S(=O)c2ccccc2)c1. The Bertz CT molecular complexity index is 879. The molecule has 6 nitrogen and oxygen atoms in total. The van der Waals surface area contributed by atoms with Gasteiger partial charge in [-0.3, -0.25) is 4.79 Å². The minimum atomic E-state index is -1.79. The van der Waals surface area contributed by atoms with Crippen LogP contribution in [0.25, 0.3) is 11.3 Å². The van der Waals surface area contributed by atoms with Gasteiger partial charge in [0, 0.05) is 17.0 Å². The van der Waals surface area contributed by atoms with Crippen LogP contribution in [0.15, 0.2) is 66.0 Å². The lowest BCUT2D eigenvalue weighted by molar-refractivity contribution is 0.269. The van der Waals surface area contributed by atoms with E-state index in [2.05, 4.69) is 20.6 Å². The molecule has 0 fully saturated rings. The number of benzene rings is 2. The normalized spacial score (nSPS) is 11.9. The highest BCUT2D eigenvalue weighted by molar-refractivity contribution is 8.00. The number of H-pyrrole nitrogens is 1. The van der Waals surface area contributed by atoms with Crippen LogP contribution in [0.5, 0.6) is 0 Å². The van der Waals surface area contributed by atoms with Gasteiger partial charge in [0.15, 0.2) is 0 Å². The first-order valence-corrected chi connectivity index (χ1v) is 8.88. The Kier molecular flexibility index (Phi) is 5.37. The van der Waals surface area contributed by atoms with Crippen molar-refractivity contribution in [2.24, 2.45) is 0 Å². The summed E-state index contributed by atoms with van der Waals surface area (Å²) in [5, 5.41) is 5.29. The van der Waals surface area contributed by atoms with E-state index in [0.717, 1.165) is 16.8 Å². The number of nitrogens with one attached hydrogen (secondary N) is 3. The topological polar surface area (TPSA) is 86.9 Å². The third kappa shape index (κ3) is 4.01. The second kappa shape index (κ2) is 7.87. The molecule has 1 aromatic heterocycles. The maximum atomic E-state index is 12.5. The van der Waals surface area contributed by atoms with Crippen molar-refractivity contribution in [2.75, 3.05) is 12.4 Å². The van der Waals surface area contributed by atoms with Crippen molar-refractivity contribution < 1.29 is 9.00 Å². The summed E-state index contributed by atoms with van der Waals surface area (Å²) in [4.78, 5) is 20.0. The number of rotatable bonds is 5. The molecule has 3 rings (SSSR count). The number of hydrogen-bond donors (Lipinski definition) is 3. The van der Waals surface area contributed by atoms with Gasteiger partial charge in [-0.1, -0.05) is 30.3 Å². The molecule has 3 N–H and O–H groups in total. The molecule has 0 radical (unpaired) electrons. The molecule has 128 valence electrons. The van der Waals surface area contributed by atoms with Crippen LogP contribution in [0, 0.1) is 0 Å². The lowest BCUT2D eigenvalue weighted by Crippen LogP contribution is -2.17. The Morgan fingerprint density at radius 1 is 1.20 bits per heavy atom. The lowest BCUT2D eigenvalue weighted by atomic mass is 10.1. The van der Waals surface area contributed by atoms with E-state index in [9.17, 15) is 9.00 Å². The van der Waals surface area contributed by atoms with Crippen molar-refractivity contribution in [1.29, 1.82) is 0 Å². The van der Waals surface area contributed by atoms with Gasteiger partial charge in [0.1, 0.15) is 10.8 Å². The van der Waals surface area contributed by atoms with Crippen molar-refractivity contribution in [3.8, 4) is 11.3 Å². The van der Waals surface area contributed by atoms with Crippen molar-refractivity contribution in [1.82, 2.24) is 15.3 Å². The van der Waals surface area contributed by atoms with Gasteiger partial charge >= 0.3 is 5.24 Å². The van der Waals surface area contributed by atoms with E-state index in [1.807, 2.05) is 31.3 Å². The predicted octanol–water partition coefficient (Wildman–Crippen LogP) is 3.14. The quantitative estimate of drug-likeness (QED) is 0.657. The number of imidazole rings is 1. The van der Waals surface area contributed by atoms with Gasteiger partial charge in [-0.15, -0.1) is 0 Å². The van der Waals surface area contributed by atoms with Crippen LogP contribution < -0.4 is 10.6 Å². The summed E-state index contributed by atoms with van der Waals surface area (Å²) >= 11 is 0. The Balaban J connectivity index is 1.90. The Morgan fingerprint density at radius 3 is 2.68 bits per heavy atom. The summed E-state index contributed by atoms with van der Waals surface area (Å²) in [6, 6.07) is 14.4. The van der Waals surface area contributed by atoms with Gasteiger partial charge < -0.3 is 15.6 Å². The van der Waals surface area contributed by atoms with Gasteiger partial charge in [0.2, 0.25) is 0 Å². The van der Waals surface area contributed by atoms with Gasteiger partial charge in [0.05, 0.1) is 23.9 Å². The van der Waals surface area contributed by atoms with Crippen LogP contribution in [0.2, 0.25) is 0 Å². The molecule has 0 aliphatic heterocycles. The van der Waals surface area contributed by atoms with E-state index in [1.54, 1.807) is 36.8 Å².